The van der Waals surface area contributed by atoms with Crippen molar-refractivity contribution in [2.24, 2.45) is 96.1 Å². The average Bonchev–Trinajstić information content (AvgIpc) is 1.17. The van der Waals surface area contributed by atoms with Crippen LogP contribution in [0.2, 0.25) is 0 Å². The van der Waals surface area contributed by atoms with Gasteiger partial charge in [0.25, 0.3) is 6.04 Å². The summed E-state index contributed by atoms with van der Waals surface area (Å²) in [6.07, 6.45) is 33.0. The Kier molecular flexibility index (Phi) is 42.1. The number of ketones is 4. The van der Waals surface area contributed by atoms with E-state index in [0.29, 0.717) is 47.5 Å². The predicted octanol–water partition coefficient (Wildman–Crippen LogP) is 24.6. The molecule has 12 aliphatic carbocycles. The molecule has 772 valence electrons. The summed E-state index contributed by atoms with van der Waals surface area (Å²) in [5, 5.41) is 20.3. The van der Waals surface area contributed by atoms with Gasteiger partial charge in [-0.05, 0) is 251 Å². The van der Waals surface area contributed by atoms with Crippen LogP contribution in [0.15, 0.2) is 55.7 Å². The van der Waals surface area contributed by atoms with E-state index in [4.69, 9.17) is 55.6 Å². The number of ether oxygens (including phenoxy) is 3. The quantitative estimate of drug-likeness (QED) is 0.130. The summed E-state index contributed by atoms with van der Waals surface area (Å²) in [4.78, 5) is 102. The Morgan fingerprint density at radius 1 is 0.423 bits per heavy atom. The third-order valence-electron chi connectivity index (χ3n) is 34.0. The molecule has 7 fully saturated rings. The molecule has 0 aliphatic heterocycles. The van der Waals surface area contributed by atoms with Gasteiger partial charge in [0.2, 0.25) is 17.2 Å². The van der Waals surface area contributed by atoms with Gasteiger partial charge in [0, 0.05) is 111 Å². The standard InChI is InChI=1S/2C20H32N2O3.C20H30N2O3.C16H25NO.C16H23NO.C14H19NO2.CH3O.5CH4.ClH.Na.H2/c1-18(2,3)24-17(23)22(7)14-8-9-15-19(4,5)16-13(12-21-25-16)10-20(15,6)11-14;2*1-18(2,3)25-17(24)22(8)13-9-10-15-19(4,5)16(23)14(21-7)12-20(15,6)11-13;1-5-11-6-7-13-15(2,3)14-12(10-17-18-14)9-16(13,4)8-11;1-6-11-7-8-13-15(2,3)14(18)12(17-5)10-16(13,4)9-11;1-13(2)11-5-4-10(16)7-14(11,3)6-9-8-15-17-12(9)13;1-2;;;;;;;;/h12,14-15H,8-11H2,1-7H3;13-15H,9-12H2,1-6,8H3;12-13,15H,9-11H2,1-6,8H3;10-11,13H,5-9H2,1-4H3;10-11,13H,6-9H2,1-4H3;8,11H,4-7H2,1-3H3;1H3;5*1H4;1H;;1H/q;;;;;;-1;;;;;;;+1;/t14-,15-,20+;13-,14?,15-,20-;13-,15-,20-;2*11-,13-,16-;11-,14+;;;;;;;;;/m000000........./s1/i;;;;;;;;;;;;;;1+1D. The Bertz CT molecular complexity index is 4830. The molecule has 0 bridgehead atoms. The van der Waals surface area contributed by atoms with Crippen LogP contribution in [0.1, 0.15) is 410 Å². The zero-order chi connectivity index (χ0) is 99.8. The van der Waals surface area contributed by atoms with Crippen molar-refractivity contribution in [3.63, 3.8) is 0 Å². The number of hydrogen-bond acceptors (Lipinski definition) is 17. The molecule has 0 N–H and O–H groups in total. The number of hydrogen-bond donors (Lipinski definition) is 0. The number of halogens is 1. The smallest absolute Gasteiger partial charge is 0.857 e. The molecule has 15 rings (SSSR count). The van der Waals surface area contributed by atoms with Crippen LogP contribution in [0, 0.1) is 116 Å². The van der Waals surface area contributed by atoms with Gasteiger partial charge in [-0.25, -0.2) is 30.6 Å². The van der Waals surface area contributed by atoms with E-state index >= 15 is 0 Å². The van der Waals surface area contributed by atoms with Crippen molar-refractivity contribution < 1.29 is 99.0 Å². The molecule has 3 amide bonds. The Morgan fingerprint density at radius 3 is 1.07 bits per heavy atom. The minimum atomic E-state index is -0.554. The predicted molar refractivity (Wildman–Crippen MR) is 548 cm³/mol. The van der Waals surface area contributed by atoms with E-state index < -0.39 is 33.7 Å². The van der Waals surface area contributed by atoms with Gasteiger partial charge in [-0.1, -0.05) is 229 Å². The molecule has 137 heavy (non-hydrogen) atoms. The summed E-state index contributed by atoms with van der Waals surface area (Å²) in [6.45, 7) is 82.8. The number of carbonyl (C=O) groups is 7. The molecule has 23 nitrogen and oxygen atoms in total. The molecule has 25 heteroatoms. The number of aromatic nitrogens is 3. The van der Waals surface area contributed by atoms with Crippen molar-refractivity contribution in [2.75, 3.05) is 28.3 Å². The molecular weight excluding hydrogens is 1750 g/mol. The number of rotatable bonds is 5. The summed E-state index contributed by atoms with van der Waals surface area (Å²) in [6, 6.07) is -0.204. The largest absolute Gasteiger partial charge is 1.00 e. The van der Waals surface area contributed by atoms with Crippen LogP contribution in [0.3, 0.4) is 0 Å². The maximum absolute atomic E-state index is 12.7. The molecule has 0 saturated heterocycles. The monoisotopic (exact) mass is 1940 g/mol. The third-order valence-corrected chi connectivity index (χ3v) is 34.0. The molecule has 0 radical (unpaired) electrons. The minimum absolute atomic E-state index is 0. The topological polar surface area (TPSA) is 271 Å². The molecular formula is C112H187ClN9NaO14. The normalized spacial score (nSPS) is 32.3. The summed E-state index contributed by atoms with van der Waals surface area (Å²) in [5.41, 5.74) is 1.98. The van der Waals surface area contributed by atoms with Crippen LogP contribution in [0.4, 0.5) is 14.4 Å². The first-order valence-corrected chi connectivity index (χ1v) is 48.7. The SMILES string of the molecule is C.C.C.C.C.CC1(C)c2oncc2C[C@]2(C)CC(=O)CC[C@@H]12.CC[C@H]1CC[C@H]2C(C)(C)c3oncc3C[C@]2(C)C1.CN(C(=O)OC(C)(C)C)[C@H]1CC[C@H]2C(C)(C)c3oncc3C[C@]2(C)C1.C[O-].Cl.[2H][2H].[C-]#[N+]C1=C[C@]2(C)C[C@@H](CC)CC[C@H]2C(C)(C)C1=O.[C-]#[N+]C1=C[C@]2(C)C[C@@H](N(C)C(=O)OC(C)(C)C)CC[C@H]2C(C)(C)C1=O.[C-]#[N+]C1C[C@]2(C)C[C@@H](N(C)C(=O)OC(C)(C)C)CC[C@H]2C(C)(C)C1=O.[Na+]. The molecule has 3 aromatic heterocycles. The van der Waals surface area contributed by atoms with Crippen molar-refractivity contribution in [2.45, 2.75) is 449 Å². The van der Waals surface area contributed by atoms with Crippen LogP contribution in [0.5, 0.6) is 0 Å². The van der Waals surface area contributed by atoms with Gasteiger partial charge < -0.3 is 62.0 Å². The second-order valence-electron chi connectivity index (χ2n) is 49.4. The van der Waals surface area contributed by atoms with E-state index in [1.54, 1.807) is 23.9 Å². The van der Waals surface area contributed by atoms with Gasteiger partial charge >= 0.3 is 47.8 Å². The number of allylic oxidation sites excluding steroid dienone is 4. The zero-order valence-electron chi connectivity index (χ0n) is 89.4. The molecule has 0 spiro atoms. The maximum atomic E-state index is 12.7. The van der Waals surface area contributed by atoms with Crippen molar-refractivity contribution in [1.82, 2.24) is 30.2 Å². The summed E-state index contributed by atoms with van der Waals surface area (Å²) in [5.74, 6) is 8.04. The van der Waals surface area contributed by atoms with E-state index in [1.165, 1.54) is 55.2 Å². The minimum Gasteiger partial charge on any atom is -0.857 e. The number of Topliss-reactive ketones (excluding diaryl/α,β-unsaturated/α-hetero) is 4. The Morgan fingerprint density at radius 2 is 0.723 bits per heavy atom. The summed E-state index contributed by atoms with van der Waals surface area (Å²) in [7, 11) is 6.20. The van der Waals surface area contributed by atoms with E-state index in [-0.39, 0.29) is 199 Å². The molecule has 1 unspecified atom stereocenters. The number of amides is 3. The Labute approximate surface area is 861 Å². The van der Waals surface area contributed by atoms with Crippen molar-refractivity contribution in [1.29, 1.82) is 0 Å². The Hall–Kier alpha value is -6.68. The van der Waals surface area contributed by atoms with E-state index in [9.17, 15) is 33.6 Å². The van der Waals surface area contributed by atoms with Gasteiger partial charge in [0.15, 0.2) is 11.6 Å². The fourth-order valence-electron chi connectivity index (χ4n) is 28.2. The van der Waals surface area contributed by atoms with Gasteiger partial charge in [-0.2, -0.15) is 7.11 Å². The van der Waals surface area contributed by atoms with Gasteiger partial charge in [0.1, 0.15) is 39.9 Å². The maximum Gasteiger partial charge on any atom is 1.00 e. The molecule has 0 aromatic carbocycles. The first kappa shape index (κ1) is 124. The fraction of sp³-hybridized carbons (Fsp3) is 0.795. The van der Waals surface area contributed by atoms with Crippen molar-refractivity contribution in [3.05, 3.63) is 110 Å². The van der Waals surface area contributed by atoms with Crippen LogP contribution in [-0.4, -0.2) is 141 Å². The van der Waals surface area contributed by atoms with Crippen molar-refractivity contribution in [3.8, 4) is 0 Å². The van der Waals surface area contributed by atoms with Crippen LogP contribution >= 0.6 is 12.4 Å². The van der Waals surface area contributed by atoms with Crippen LogP contribution in [-0.2, 0) is 68.9 Å². The second kappa shape index (κ2) is 46.4. The van der Waals surface area contributed by atoms with Gasteiger partial charge in [-0.3, -0.25) is 9.59 Å². The summed E-state index contributed by atoms with van der Waals surface area (Å²) < 4.78 is 43.2. The van der Waals surface area contributed by atoms with Crippen LogP contribution < -0.4 is 34.7 Å². The number of fused-ring (bicyclic) bond motifs is 9. The van der Waals surface area contributed by atoms with E-state index in [1.807, 2.05) is 147 Å². The van der Waals surface area contributed by atoms with Crippen molar-refractivity contribution >= 4 is 53.8 Å². The summed E-state index contributed by atoms with van der Waals surface area (Å²) >= 11 is 0. The first-order chi connectivity index (χ1) is 60.8. The second-order valence-corrected chi connectivity index (χ2v) is 49.4. The molecule has 3 aromatic rings. The van der Waals surface area contributed by atoms with Crippen LogP contribution in [0.25, 0.3) is 14.5 Å². The molecule has 7 saturated carbocycles. The first-order valence-electron chi connectivity index (χ1n) is 49.7. The fourth-order valence-corrected chi connectivity index (χ4v) is 28.2. The average molecular weight is 1940 g/mol. The van der Waals surface area contributed by atoms with E-state index in [2.05, 4.69) is 127 Å². The molecule has 12 aliphatic rings. The Balaban J connectivity index is 0.000000824. The molecule has 18 atom stereocenters. The van der Waals surface area contributed by atoms with Gasteiger partial charge in [-0.15, -0.1) is 12.4 Å². The van der Waals surface area contributed by atoms with E-state index in [0.717, 1.165) is 145 Å². The number of carbonyl (C=O) groups excluding carboxylic acids is 7. The van der Waals surface area contributed by atoms with Gasteiger partial charge in [0.05, 0.1) is 31.7 Å². The molecule has 3 heterocycles. The third kappa shape index (κ3) is 26.3. The zero-order valence-corrected chi connectivity index (χ0v) is 90.3. The number of nitrogens with zero attached hydrogens (tertiary/aromatic N) is 9.